The molecule has 0 aromatic carbocycles. The molecule has 6 nitrogen and oxygen atoms in total. The molecule has 1 atom stereocenters. The number of hydrogen-bond acceptors (Lipinski definition) is 6. The minimum atomic E-state index is -0.776. The van der Waals surface area contributed by atoms with Crippen LogP contribution in [-0.2, 0) is 28.6 Å². The van der Waals surface area contributed by atoms with Gasteiger partial charge in [-0.15, -0.1) is 0 Å². The molecule has 0 saturated heterocycles. The molecule has 0 bridgehead atoms. The zero-order valence-corrected chi connectivity index (χ0v) is 47.0. The smallest absolute Gasteiger partial charge is 0.306 e. The first kappa shape index (κ1) is 67.8. The Morgan fingerprint density at radius 3 is 0.873 bits per heavy atom. The van der Waals surface area contributed by atoms with Crippen molar-refractivity contribution >= 4 is 17.9 Å². The van der Waals surface area contributed by atoms with Crippen LogP contribution < -0.4 is 0 Å². The Labute approximate surface area is 440 Å². The predicted octanol–water partition coefficient (Wildman–Crippen LogP) is 20.5. The third-order valence-electron chi connectivity index (χ3n) is 13.2. The summed E-state index contributed by atoms with van der Waals surface area (Å²) in [5, 5.41) is 0. The molecule has 0 rings (SSSR count). The van der Waals surface area contributed by atoms with Crippen LogP contribution in [0.25, 0.3) is 0 Å². The van der Waals surface area contributed by atoms with Gasteiger partial charge in [0.2, 0.25) is 0 Å². The first-order chi connectivity index (χ1) is 35.0. The summed E-state index contributed by atoms with van der Waals surface area (Å²) in [6.45, 7) is 6.52. The maximum absolute atomic E-state index is 12.8. The zero-order chi connectivity index (χ0) is 51.4. The van der Waals surface area contributed by atoms with Crippen molar-refractivity contribution in [1.29, 1.82) is 0 Å². The molecule has 0 heterocycles. The van der Waals surface area contributed by atoms with Gasteiger partial charge in [0.1, 0.15) is 13.2 Å². The van der Waals surface area contributed by atoms with Gasteiger partial charge in [-0.05, 0) is 89.9 Å². The topological polar surface area (TPSA) is 78.9 Å². The summed E-state index contributed by atoms with van der Waals surface area (Å²) in [6.07, 6.45) is 76.2. The van der Waals surface area contributed by atoms with Crippen molar-refractivity contribution in [3.63, 3.8) is 0 Å². The van der Waals surface area contributed by atoms with Crippen LogP contribution in [0, 0.1) is 0 Å². The number of hydrogen-bond donors (Lipinski definition) is 0. The Bertz CT molecular complexity index is 1320. The first-order valence-electron chi connectivity index (χ1n) is 30.4. The lowest BCUT2D eigenvalue weighted by atomic mass is 10.0. The molecule has 0 aliphatic carbocycles. The predicted molar refractivity (Wildman–Crippen MR) is 307 cm³/mol. The monoisotopic (exact) mass is 991 g/mol. The fraction of sp³-hybridized carbons (Fsp3) is 0.769. The lowest BCUT2D eigenvalue weighted by Gasteiger charge is -2.18. The zero-order valence-electron chi connectivity index (χ0n) is 47.0. The van der Waals surface area contributed by atoms with Gasteiger partial charge in [-0.3, -0.25) is 14.4 Å². The van der Waals surface area contributed by atoms with Crippen molar-refractivity contribution in [2.24, 2.45) is 0 Å². The summed E-state index contributed by atoms with van der Waals surface area (Å²) >= 11 is 0. The number of esters is 3. The van der Waals surface area contributed by atoms with Crippen LogP contribution in [0.15, 0.2) is 72.9 Å². The molecule has 6 heteroatoms. The van der Waals surface area contributed by atoms with Crippen molar-refractivity contribution in [2.45, 2.75) is 309 Å². The number of carbonyl (C=O) groups is 3. The molecule has 0 fully saturated rings. The number of rotatable bonds is 55. The Balaban J connectivity index is 4.20. The first-order valence-corrected chi connectivity index (χ1v) is 30.4. The Kier molecular flexibility index (Phi) is 56.8. The van der Waals surface area contributed by atoms with E-state index in [0.717, 1.165) is 89.9 Å². The highest BCUT2D eigenvalue weighted by Crippen LogP contribution is 2.16. The molecule has 0 spiro atoms. The van der Waals surface area contributed by atoms with Crippen molar-refractivity contribution in [3.05, 3.63) is 72.9 Å². The minimum absolute atomic E-state index is 0.0748. The molecule has 0 aromatic heterocycles. The molecule has 0 radical (unpaired) electrons. The summed E-state index contributed by atoms with van der Waals surface area (Å²) in [7, 11) is 0. The molecule has 410 valence electrons. The molecular weight excluding hydrogens is 877 g/mol. The van der Waals surface area contributed by atoms with E-state index in [4.69, 9.17) is 14.2 Å². The van der Waals surface area contributed by atoms with Crippen molar-refractivity contribution in [3.8, 4) is 0 Å². The lowest BCUT2D eigenvalue weighted by molar-refractivity contribution is -0.167. The van der Waals surface area contributed by atoms with E-state index in [1.54, 1.807) is 0 Å². The fourth-order valence-electron chi connectivity index (χ4n) is 8.64. The van der Waals surface area contributed by atoms with Gasteiger partial charge < -0.3 is 14.2 Å². The summed E-state index contributed by atoms with van der Waals surface area (Å²) in [5.74, 6) is -0.874. The Morgan fingerprint density at radius 2 is 0.549 bits per heavy atom. The second kappa shape index (κ2) is 59.4. The molecule has 0 N–H and O–H groups in total. The number of carbonyl (C=O) groups excluding carboxylic acids is 3. The highest BCUT2D eigenvalue weighted by atomic mass is 16.6. The van der Waals surface area contributed by atoms with Gasteiger partial charge in [-0.2, -0.15) is 0 Å². The van der Waals surface area contributed by atoms with E-state index in [1.807, 2.05) is 0 Å². The van der Waals surface area contributed by atoms with E-state index in [0.29, 0.717) is 19.3 Å². The van der Waals surface area contributed by atoms with Crippen LogP contribution in [0.5, 0.6) is 0 Å². The Hall–Kier alpha value is -3.15. The highest BCUT2D eigenvalue weighted by molar-refractivity contribution is 5.71. The second-order valence-electron chi connectivity index (χ2n) is 20.2. The van der Waals surface area contributed by atoms with E-state index >= 15 is 0 Å². The average Bonchev–Trinajstić information content (AvgIpc) is 3.37. The van der Waals surface area contributed by atoms with Gasteiger partial charge in [0.05, 0.1) is 0 Å². The van der Waals surface area contributed by atoms with Crippen LogP contribution in [0.4, 0.5) is 0 Å². The van der Waals surface area contributed by atoms with Crippen LogP contribution in [0.2, 0.25) is 0 Å². The summed E-state index contributed by atoms with van der Waals surface area (Å²) in [4.78, 5) is 38.1. The normalized spacial score (nSPS) is 12.5. The standard InChI is InChI=1S/C65H114O6/c1-4-7-10-13-16-19-21-23-25-27-28-29-30-31-32-33-34-35-36-38-39-41-43-46-49-52-55-58-64(67)70-61-62(60-69-63(66)57-54-51-48-45-18-15-12-9-6-3)71-65(68)59-56-53-50-47-44-42-40-37-26-24-22-20-17-14-11-8-5-2/h7,10,16,19,23-26,28-29,31-32,62H,4-6,8-9,11-15,17-18,20-22,27,30,33-61H2,1-3H3/b10-7-,19-16-,25-23-,26-24-,29-28-,32-31-. The van der Waals surface area contributed by atoms with Gasteiger partial charge >= 0.3 is 17.9 Å². The van der Waals surface area contributed by atoms with Crippen LogP contribution in [0.3, 0.4) is 0 Å². The summed E-state index contributed by atoms with van der Waals surface area (Å²) < 4.78 is 16.9. The summed E-state index contributed by atoms with van der Waals surface area (Å²) in [6, 6.07) is 0. The molecule has 0 aliphatic heterocycles. The third-order valence-corrected chi connectivity index (χ3v) is 13.2. The molecule has 1 unspecified atom stereocenters. The van der Waals surface area contributed by atoms with Crippen molar-refractivity contribution < 1.29 is 28.6 Å². The van der Waals surface area contributed by atoms with Crippen LogP contribution in [0.1, 0.15) is 303 Å². The average molecular weight is 992 g/mol. The van der Waals surface area contributed by atoms with Gasteiger partial charge in [-0.1, -0.05) is 267 Å². The third kappa shape index (κ3) is 57.6. The SMILES string of the molecule is CC/C=C\C/C=C\C/C=C\C/C=C\C/C=C\CCCCCCCCCCCCCC(=O)OCC(COC(=O)CCCCCCCCCCC)OC(=O)CCCCCCCCC/C=C\CCCCCCCC. The van der Waals surface area contributed by atoms with E-state index < -0.39 is 6.10 Å². The highest BCUT2D eigenvalue weighted by Gasteiger charge is 2.19. The summed E-state index contributed by atoms with van der Waals surface area (Å²) in [5.41, 5.74) is 0. The maximum Gasteiger partial charge on any atom is 0.306 e. The van der Waals surface area contributed by atoms with E-state index in [-0.39, 0.29) is 31.1 Å². The van der Waals surface area contributed by atoms with Crippen LogP contribution >= 0.6 is 0 Å². The van der Waals surface area contributed by atoms with Crippen LogP contribution in [-0.4, -0.2) is 37.2 Å². The van der Waals surface area contributed by atoms with Gasteiger partial charge in [0.25, 0.3) is 0 Å². The molecule has 0 aromatic rings. The lowest BCUT2D eigenvalue weighted by Crippen LogP contribution is -2.30. The Morgan fingerprint density at radius 1 is 0.296 bits per heavy atom. The van der Waals surface area contributed by atoms with E-state index in [2.05, 4.69) is 93.7 Å². The number of ether oxygens (including phenoxy) is 3. The van der Waals surface area contributed by atoms with E-state index in [1.165, 1.54) is 173 Å². The van der Waals surface area contributed by atoms with Crippen molar-refractivity contribution in [2.75, 3.05) is 13.2 Å². The number of allylic oxidation sites excluding steroid dienone is 12. The van der Waals surface area contributed by atoms with Gasteiger partial charge in [0, 0.05) is 19.3 Å². The van der Waals surface area contributed by atoms with Gasteiger partial charge in [0.15, 0.2) is 6.10 Å². The molecule has 0 aliphatic rings. The molecule has 0 amide bonds. The quantitative estimate of drug-likeness (QED) is 0.0261. The fourth-order valence-corrected chi connectivity index (χ4v) is 8.64. The van der Waals surface area contributed by atoms with Crippen molar-refractivity contribution in [1.82, 2.24) is 0 Å². The second-order valence-corrected chi connectivity index (χ2v) is 20.2. The molecular formula is C65H114O6. The maximum atomic E-state index is 12.8. The van der Waals surface area contributed by atoms with Gasteiger partial charge in [-0.25, -0.2) is 0 Å². The molecule has 71 heavy (non-hydrogen) atoms. The van der Waals surface area contributed by atoms with E-state index in [9.17, 15) is 14.4 Å². The largest absolute Gasteiger partial charge is 0.462 e. The molecule has 0 saturated carbocycles. The minimum Gasteiger partial charge on any atom is -0.462 e. The number of unbranched alkanes of at least 4 members (excludes halogenated alkanes) is 32.